The summed E-state index contributed by atoms with van der Waals surface area (Å²) >= 11 is 8.59. The van der Waals surface area contributed by atoms with Gasteiger partial charge in [0.05, 0.1) is 27.4 Å². The molecular weight excluding hydrogens is 600 g/mol. The third-order valence-corrected chi connectivity index (χ3v) is 8.74. The molecule has 0 unspecified atom stereocenters. The minimum absolute atomic E-state index is 0.0120. The Bertz CT molecular complexity index is 1700. The quantitative estimate of drug-likeness (QED) is 0.271. The fourth-order valence-corrected chi connectivity index (χ4v) is 6.77. The lowest BCUT2D eigenvalue weighted by molar-refractivity contribution is 0.338. The second kappa shape index (κ2) is 9.61. The molecule has 2 aliphatic rings. The Morgan fingerprint density at radius 3 is 2.67 bits per heavy atom. The van der Waals surface area contributed by atoms with Crippen LogP contribution in [-0.4, -0.2) is 11.2 Å². The summed E-state index contributed by atoms with van der Waals surface area (Å²) in [4.78, 5) is 19.7. The lowest BCUT2D eigenvalue weighted by atomic mass is 9.83. The molecule has 3 aromatic carbocycles. The molecule has 1 atom stereocenters. The van der Waals surface area contributed by atoms with Crippen molar-refractivity contribution in [1.29, 1.82) is 0 Å². The first kappa shape index (κ1) is 23.6. The number of aryl methyl sites for hydroxylation is 1. The molecule has 0 N–H and O–H groups in total. The van der Waals surface area contributed by atoms with Gasteiger partial charge in [-0.1, -0.05) is 69.7 Å². The van der Waals surface area contributed by atoms with Gasteiger partial charge in [-0.25, -0.2) is 4.99 Å². The van der Waals surface area contributed by atoms with Crippen LogP contribution in [0.25, 0.3) is 11.8 Å². The number of thiazole rings is 1. The molecule has 2 heterocycles. The van der Waals surface area contributed by atoms with Gasteiger partial charge >= 0.3 is 0 Å². The molecule has 1 aliphatic carbocycles. The minimum Gasteiger partial charge on any atom is -0.493 e. The highest BCUT2D eigenvalue weighted by molar-refractivity contribution is 9.10. The Morgan fingerprint density at radius 1 is 1.08 bits per heavy atom. The Kier molecular flexibility index (Phi) is 6.32. The van der Waals surface area contributed by atoms with E-state index in [1.165, 1.54) is 28.0 Å². The fourth-order valence-electron chi connectivity index (χ4n) is 5.00. The summed E-state index contributed by atoms with van der Waals surface area (Å²) in [7, 11) is 0. The molecule has 0 saturated heterocycles. The number of hydrogen-bond donors (Lipinski definition) is 0. The zero-order valence-corrected chi connectivity index (χ0v) is 23.5. The first-order valence-corrected chi connectivity index (χ1v) is 14.2. The van der Waals surface area contributed by atoms with Crippen LogP contribution in [0, 0.1) is 0 Å². The van der Waals surface area contributed by atoms with Crippen LogP contribution >= 0.6 is 43.2 Å². The highest BCUT2D eigenvalue weighted by atomic mass is 79.9. The van der Waals surface area contributed by atoms with Crippen LogP contribution in [0.1, 0.15) is 41.6 Å². The van der Waals surface area contributed by atoms with Crippen molar-refractivity contribution in [3.05, 3.63) is 123 Å². The summed E-state index contributed by atoms with van der Waals surface area (Å²) < 4.78 is 10.1. The van der Waals surface area contributed by atoms with E-state index < -0.39 is 0 Å². The number of ether oxygens (including phenoxy) is 1. The average molecular weight is 622 g/mol. The van der Waals surface area contributed by atoms with E-state index >= 15 is 0 Å². The lowest BCUT2D eigenvalue weighted by Gasteiger charge is -2.30. The first-order chi connectivity index (χ1) is 17.5. The summed E-state index contributed by atoms with van der Waals surface area (Å²) in [6.45, 7) is 2.56. The van der Waals surface area contributed by atoms with Gasteiger partial charge in [-0.2, -0.15) is 0 Å². The maximum absolute atomic E-state index is 13.9. The van der Waals surface area contributed by atoms with Crippen molar-refractivity contribution in [2.75, 3.05) is 6.61 Å². The van der Waals surface area contributed by atoms with E-state index in [0.717, 1.165) is 49.2 Å². The fraction of sp³-hybridized carbons (Fsp3) is 0.172. The van der Waals surface area contributed by atoms with Crippen LogP contribution in [0.4, 0.5) is 0 Å². The minimum atomic E-state index is -0.174. The predicted molar refractivity (Wildman–Crippen MR) is 152 cm³/mol. The summed E-state index contributed by atoms with van der Waals surface area (Å²) in [6.07, 6.45) is 3.77. The van der Waals surface area contributed by atoms with E-state index in [1.807, 2.05) is 47.9 Å². The van der Waals surface area contributed by atoms with Crippen molar-refractivity contribution in [3.8, 4) is 5.75 Å². The zero-order chi connectivity index (χ0) is 24.8. The van der Waals surface area contributed by atoms with Crippen LogP contribution in [0.2, 0.25) is 0 Å². The molecule has 0 amide bonds. The smallest absolute Gasteiger partial charge is 0.271 e. The standard InChI is InChI=1S/C29H22Br2N2O2S/c1-2-35-24-14-7-17(15-23(24)31)16-25-28(34)33-27(19-8-11-20(30)12-9-19)22-13-10-18-5-3-4-6-21(18)26(22)32-29(33)36-25/h3-9,11-12,14-16,27H,2,10,13H2,1H3/b25-16+/t27-/m0/s1. The predicted octanol–water partition coefficient (Wildman–Crippen LogP) is 6.24. The molecule has 180 valence electrons. The van der Waals surface area contributed by atoms with E-state index in [4.69, 9.17) is 9.73 Å². The van der Waals surface area contributed by atoms with Gasteiger partial charge in [-0.05, 0) is 88.3 Å². The molecule has 0 fully saturated rings. The second-order valence-corrected chi connectivity index (χ2v) is 11.6. The van der Waals surface area contributed by atoms with E-state index in [1.54, 1.807) is 0 Å². The van der Waals surface area contributed by atoms with Gasteiger partial charge in [-0.15, -0.1) is 0 Å². The van der Waals surface area contributed by atoms with Gasteiger partial charge in [0, 0.05) is 10.0 Å². The second-order valence-electron chi connectivity index (χ2n) is 8.79. The molecule has 0 radical (unpaired) electrons. The number of allylic oxidation sites excluding steroid dienone is 1. The number of hydrogen-bond acceptors (Lipinski definition) is 4. The molecular formula is C29H22Br2N2O2S. The Balaban J connectivity index is 1.56. The van der Waals surface area contributed by atoms with E-state index in [2.05, 4.69) is 68.3 Å². The molecule has 6 rings (SSSR count). The van der Waals surface area contributed by atoms with E-state index in [-0.39, 0.29) is 11.6 Å². The molecule has 0 saturated carbocycles. The van der Waals surface area contributed by atoms with Crippen molar-refractivity contribution in [3.63, 3.8) is 0 Å². The molecule has 4 nitrogen and oxygen atoms in total. The molecule has 0 spiro atoms. The van der Waals surface area contributed by atoms with E-state index in [9.17, 15) is 4.79 Å². The van der Waals surface area contributed by atoms with Gasteiger partial charge in [0.1, 0.15) is 5.75 Å². The maximum atomic E-state index is 13.9. The largest absolute Gasteiger partial charge is 0.493 e. The lowest BCUT2D eigenvalue weighted by Crippen LogP contribution is -2.38. The Morgan fingerprint density at radius 2 is 1.89 bits per heavy atom. The molecule has 1 aromatic heterocycles. The monoisotopic (exact) mass is 620 g/mol. The van der Waals surface area contributed by atoms with Crippen molar-refractivity contribution in [2.24, 2.45) is 4.99 Å². The van der Waals surface area contributed by atoms with Crippen LogP contribution in [0.3, 0.4) is 0 Å². The summed E-state index contributed by atoms with van der Waals surface area (Å²) in [5.74, 6) is 0.790. The van der Waals surface area contributed by atoms with Crippen molar-refractivity contribution in [2.45, 2.75) is 25.8 Å². The highest BCUT2D eigenvalue weighted by Crippen LogP contribution is 2.41. The number of fused-ring (bicyclic) bond motifs is 3. The molecule has 0 bridgehead atoms. The summed E-state index contributed by atoms with van der Waals surface area (Å²) in [6, 6.07) is 22.5. The molecule has 36 heavy (non-hydrogen) atoms. The average Bonchev–Trinajstić information content (AvgIpc) is 3.19. The van der Waals surface area contributed by atoms with Gasteiger partial charge in [0.25, 0.3) is 5.56 Å². The number of halogens is 2. The molecule has 4 aromatic rings. The van der Waals surface area contributed by atoms with Crippen molar-refractivity contribution >= 4 is 55.0 Å². The third-order valence-electron chi connectivity index (χ3n) is 6.61. The number of benzene rings is 3. The number of rotatable bonds is 4. The maximum Gasteiger partial charge on any atom is 0.271 e. The highest BCUT2D eigenvalue weighted by Gasteiger charge is 2.32. The first-order valence-electron chi connectivity index (χ1n) is 11.8. The SMILES string of the molecule is CCOc1ccc(/C=c2/sc3n(c2=O)[C@@H](c2ccc(Br)cc2)C2=C(N=3)c3ccccc3CC2)cc1Br. The van der Waals surface area contributed by atoms with Gasteiger partial charge < -0.3 is 4.74 Å². The van der Waals surface area contributed by atoms with Crippen LogP contribution in [0.5, 0.6) is 5.75 Å². The van der Waals surface area contributed by atoms with E-state index in [0.29, 0.717) is 11.1 Å². The van der Waals surface area contributed by atoms with Gasteiger partial charge in [0.2, 0.25) is 0 Å². The van der Waals surface area contributed by atoms with Gasteiger partial charge in [0.15, 0.2) is 4.80 Å². The number of aromatic nitrogens is 1. The summed E-state index contributed by atoms with van der Waals surface area (Å²) in [5, 5.41) is 0. The zero-order valence-electron chi connectivity index (χ0n) is 19.5. The normalized spacial score (nSPS) is 16.8. The third kappa shape index (κ3) is 4.13. The topological polar surface area (TPSA) is 43.6 Å². The van der Waals surface area contributed by atoms with Crippen LogP contribution < -0.4 is 19.6 Å². The molecule has 7 heteroatoms. The van der Waals surface area contributed by atoms with Crippen LogP contribution in [-0.2, 0) is 6.42 Å². The Hall–Kier alpha value is -2.74. The number of nitrogens with zero attached hydrogens (tertiary/aromatic N) is 2. The van der Waals surface area contributed by atoms with Crippen LogP contribution in [0.15, 0.2) is 91.0 Å². The van der Waals surface area contributed by atoms with Crippen molar-refractivity contribution in [1.82, 2.24) is 4.57 Å². The van der Waals surface area contributed by atoms with Crippen molar-refractivity contribution < 1.29 is 4.74 Å². The summed E-state index contributed by atoms with van der Waals surface area (Å²) in [5.41, 5.74) is 6.73. The Labute approximate surface area is 229 Å². The van der Waals surface area contributed by atoms with Gasteiger partial charge in [-0.3, -0.25) is 9.36 Å². The molecule has 1 aliphatic heterocycles.